The van der Waals surface area contributed by atoms with E-state index in [1.165, 1.54) is 0 Å². The van der Waals surface area contributed by atoms with E-state index in [2.05, 4.69) is 15.1 Å². The fraction of sp³-hybridized carbons (Fsp3) is 0.278. The molecule has 3 aromatic rings. The van der Waals surface area contributed by atoms with Crippen molar-refractivity contribution in [2.45, 2.75) is 19.1 Å². The zero-order chi connectivity index (χ0) is 15.5. The number of rotatable bonds is 5. The molecule has 1 saturated heterocycles. The molecule has 5 nitrogen and oxygen atoms in total. The van der Waals surface area contributed by atoms with Gasteiger partial charge in [-0.2, -0.15) is 5.10 Å². The van der Waals surface area contributed by atoms with Crippen LogP contribution in [0.4, 0.5) is 0 Å². The lowest BCUT2D eigenvalue weighted by atomic mass is 10.3. The summed E-state index contributed by atoms with van der Waals surface area (Å²) in [5, 5.41) is 6.87. The number of nitrogens with zero attached hydrogens (tertiary/aromatic N) is 2. The molecule has 23 heavy (non-hydrogen) atoms. The predicted molar refractivity (Wildman–Crippen MR) is 87.0 cm³/mol. The van der Waals surface area contributed by atoms with Gasteiger partial charge in [-0.1, -0.05) is 18.2 Å². The molecule has 0 aliphatic carbocycles. The van der Waals surface area contributed by atoms with E-state index in [-0.39, 0.29) is 6.10 Å². The molecule has 1 atom stereocenters. The van der Waals surface area contributed by atoms with Crippen molar-refractivity contribution in [3.05, 3.63) is 60.5 Å². The van der Waals surface area contributed by atoms with Crippen molar-refractivity contribution < 1.29 is 9.15 Å². The molecule has 1 N–H and O–H groups in total. The summed E-state index contributed by atoms with van der Waals surface area (Å²) >= 11 is 0. The molecule has 0 amide bonds. The predicted octanol–water partition coefficient (Wildman–Crippen LogP) is 3.32. The summed E-state index contributed by atoms with van der Waals surface area (Å²) in [6.07, 6.45) is 3.02. The van der Waals surface area contributed by atoms with Gasteiger partial charge < -0.3 is 9.15 Å². The van der Waals surface area contributed by atoms with Crippen LogP contribution >= 0.6 is 0 Å². The van der Waals surface area contributed by atoms with Gasteiger partial charge in [0.2, 0.25) is 0 Å². The van der Waals surface area contributed by atoms with Crippen LogP contribution in [0.25, 0.3) is 11.5 Å². The maximum Gasteiger partial charge on any atom is 0.152 e. The molecule has 1 aliphatic heterocycles. The minimum Gasteiger partial charge on any atom is -0.489 e. The maximum absolute atomic E-state index is 6.02. The molecule has 1 aliphatic rings. The highest BCUT2D eigenvalue weighted by atomic mass is 16.5. The number of hydrogen-bond donors (Lipinski definition) is 1. The molecule has 0 radical (unpaired) electrons. The Labute approximate surface area is 134 Å². The molecule has 0 unspecified atom stereocenters. The van der Waals surface area contributed by atoms with E-state index >= 15 is 0 Å². The van der Waals surface area contributed by atoms with Gasteiger partial charge in [-0.15, -0.1) is 0 Å². The van der Waals surface area contributed by atoms with Gasteiger partial charge in [0.1, 0.15) is 23.3 Å². The Balaban J connectivity index is 1.34. The summed E-state index contributed by atoms with van der Waals surface area (Å²) in [6, 6.07) is 15.9. The highest BCUT2D eigenvalue weighted by Crippen LogP contribution is 2.23. The molecule has 1 fully saturated rings. The first-order chi connectivity index (χ1) is 11.4. The van der Waals surface area contributed by atoms with E-state index in [1.807, 2.05) is 48.5 Å². The zero-order valence-electron chi connectivity index (χ0n) is 12.8. The second-order valence-corrected chi connectivity index (χ2v) is 5.81. The second-order valence-electron chi connectivity index (χ2n) is 5.81. The molecule has 1 aromatic carbocycles. The third-order valence-electron chi connectivity index (χ3n) is 4.08. The van der Waals surface area contributed by atoms with E-state index in [0.717, 1.165) is 49.0 Å². The molecule has 118 valence electrons. The molecule has 3 heterocycles. The third-order valence-corrected chi connectivity index (χ3v) is 4.08. The SMILES string of the molecule is c1ccc(O[C@H]2CCN(Cc3ccc(-c4ccn[nH]4)o3)C2)cc1. The van der Waals surface area contributed by atoms with E-state index in [9.17, 15) is 0 Å². The Hall–Kier alpha value is -2.53. The number of ether oxygens (including phenoxy) is 1. The molecular weight excluding hydrogens is 290 g/mol. The van der Waals surface area contributed by atoms with Crippen LogP contribution in [0.1, 0.15) is 12.2 Å². The van der Waals surface area contributed by atoms with Crippen LogP contribution in [0.5, 0.6) is 5.75 Å². The lowest BCUT2D eigenvalue weighted by Gasteiger charge is -2.15. The highest BCUT2D eigenvalue weighted by Gasteiger charge is 2.24. The van der Waals surface area contributed by atoms with E-state index in [1.54, 1.807) is 6.20 Å². The number of nitrogens with one attached hydrogen (secondary N) is 1. The number of likely N-dealkylation sites (tertiary alicyclic amines) is 1. The van der Waals surface area contributed by atoms with Crippen molar-refractivity contribution in [2.75, 3.05) is 13.1 Å². The largest absolute Gasteiger partial charge is 0.489 e. The van der Waals surface area contributed by atoms with Crippen LogP contribution in [0.15, 0.2) is 59.1 Å². The number of aromatic nitrogens is 2. The van der Waals surface area contributed by atoms with Crippen LogP contribution in [0, 0.1) is 0 Å². The standard InChI is InChI=1S/C18H19N3O2/c1-2-4-14(5-3-1)22-16-9-11-21(13-16)12-15-6-7-18(23-15)17-8-10-19-20-17/h1-8,10,16H,9,11-13H2,(H,19,20)/t16-/m0/s1. The molecule has 5 heteroatoms. The van der Waals surface area contributed by atoms with Crippen LogP contribution < -0.4 is 4.74 Å². The van der Waals surface area contributed by atoms with Crippen molar-refractivity contribution >= 4 is 0 Å². The topological polar surface area (TPSA) is 54.3 Å². The monoisotopic (exact) mass is 309 g/mol. The van der Waals surface area contributed by atoms with Crippen LogP contribution in [0.3, 0.4) is 0 Å². The van der Waals surface area contributed by atoms with Gasteiger partial charge >= 0.3 is 0 Å². The number of aromatic amines is 1. The first-order valence-electron chi connectivity index (χ1n) is 7.89. The van der Waals surface area contributed by atoms with Gasteiger partial charge in [0, 0.05) is 19.3 Å². The lowest BCUT2D eigenvalue weighted by Crippen LogP contribution is -2.24. The van der Waals surface area contributed by atoms with Crippen LogP contribution in [-0.2, 0) is 6.54 Å². The number of hydrogen-bond acceptors (Lipinski definition) is 4. The summed E-state index contributed by atoms with van der Waals surface area (Å²) in [5.74, 6) is 2.74. The Bertz CT molecular complexity index is 737. The number of benzene rings is 1. The normalized spacial score (nSPS) is 18.3. The molecule has 4 rings (SSSR count). The minimum atomic E-state index is 0.249. The first-order valence-corrected chi connectivity index (χ1v) is 7.89. The quantitative estimate of drug-likeness (QED) is 0.785. The van der Waals surface area contributed by atoms with Crippen molar-refractivity contribution in [3.8, 4) is 17.2 Å². The Kier molecular flexibility index (Phi) is 3.86. The van der Waals surface area contributed by atoms with Gasteiger partial charge in [-0.25, -0.2) is 0 Å². The van der Waals surface area contributed by atoms with Crippen molar-refractivity contribution in [3.63, 3.8) is 0 Å². The minimum absolute atomic E-state index is 0.249. The summed E-state index contributed by atoms with van der Waals surface area (Å²) < 4.78 is 11.9. The molecule has 0 bridgehead atoms. The molecule has 0 spiro atoms. The second kappa shape index (κ2) is 6.30. The average Bonchev–Trinajstić information content (AvgIpc) is 3.30. The number of para-hydroxylation sites is 1. The Morgan fingerprint density at radius 1 is 1.17 bits per heavy atom. The summed E-state index contributed by atoms with van der Waals surface area (Å²) in [7, 11) is 0. The Morgan fingerprint density at radius 3 is 2.91 bits per heavy atom. The third kappa shape index (κ3) is 3.29. The Morgan fingerprint density at radius 2 is 2.09 bits per heavy atom. The lowest BCUT2D eigenvalue weighted by molar-refractivity contribution is 0.194. The van der Waals surface area contributed by atoms with Gasteiger partial charge in [0.25, 0.3) is 0 Å². The summed E-state index contributed by atoms with van der Waals surface area (Å²) in [5.41, 5.74) is 0.906. The molecule has 0 saturated carbocycles. The van der Waals surface area contributed by atoms with Gasteiger partial charge in [-0.3, -0.25) is 10.00 Å². The van der Waals surface area contributed by atoms with E-state index < -0.39 is 0 Å². The number of furan rings is 1. The fourth-order valence-corrected chi connectivity index (χ4v) is 2.95. The van der Waals surface area contributed by atoms with E-state index in [4.69, 9.17) is 9.15 Å². The fourth-order valence-electron chi connectivity index (χ4n) is 2.95. The van der Waals surface area contributed by atoms with Gasteiger partial charge in [0.05, 0.1) is 6.54 Å². The average molecular weight is 309 g/mol. The zero-order valence-corrected chi connectivity index (χ0v) is 12.8. The highest BCUT2D eigenvalue weighted by molar-refractivity contribution is 5.51. The van der Waals surface area contributed by atoms with Crippen LogP contribution in [-0.4, -0.2) is 34.3 Å². The summed E-state index contributed by atoms with van der Waals surface area (Å²) in [4.78, 5) is 2.36. The first kappa shape index (κ1) is 14.1. The molecular formula is C18H19N3O2. The van der Waals surface area contributed by atoms with Gasteiger partial charge in [0.15, 0.2) is 5.76 Å². The molecule has 2 aromatic heterocycles. The maximum atomic E-state index is 6.02. The smallest absolute Gasteiger partial charge is 0.152 e. The summed E-state index contributed by atoms with van der Waals surface area (Å²) in [6.45, 7) is 2.76. The van der Waals surface area contributed by atoms with Crippen molar-refractivity contribution in [2.24, 2.45) is 0 Å². The van der Waals surface area contributed by atoms with Crippen molar-refractivity contribution in [1.82, 2.24) is 15.1 Å². The van der Waals surface area contributed by atoms with Crippen LogP contribution in [0.2, 0.25) is 0 Å². The van der Waals surface area contributed by atoms with Gasteiger partial charge in [-0.05, 0) is 36.8 Å². The number of H-pyrrole nitrogens is 1. The van der Waals surface area contributed by atoms with E-state index in [0.29, 0.717) is 0 Å². The van der Waals surface area contributed by atoms with Crippen molar-refractivity contribution in [1.29, 1.82) is 0 Å².